The van der Waals surface area contributed by atoms with Gasteiger partial charge in [-0.25, -0.2) is 4.68 Å². The predicted octanol–water partition coefficient (Wildman–Crippen LogP) is 2.08. The van der Waals surface area contributed by atoms with Gasteiger partial charge in [-0.2, -0.15) is 5.10 Å². The van der Waals surface area contributed by atoms with Crippen LogP contribution in [0.15, 0.2) is 30.3 Å². The third-order valence-corrected chi connectivity index (χ3v) is 4.13. The van der Waals surface area contributed by atoms with E-state index in [4.69, 9.17) is 0 Å². The first-order valence-corrected chi connectivity index (χ1v) is 7.88. The van der Waals surface area contributed by atoms with Crippen LogP contribution < -0.4 is 10.6 Å². The van der Waals surface area contributed by atoms with Crippen LogP contribution in [0.3, 0.4) is 0 Å². The minimum atomic E-state index is -0.401. The minimum absolute atomic E-state index is 0.401. The zero-order chi connectivity index (χ0) is 15.5. The lowest BCUT2D eigenvalue weighted by Crippen LogP contribution is -2.35. The fraction of sp³-hybridized carbons (Fsp3) is 0.471. The van der Waals surface area contributed by atoms with Crippen LogP contribution in [0.5, 0.6) is 0 Å². The Bertz CT molecular complexity index is 618. The standard InChI is InChI=1S/C17H24N4O/c1-12-7-17-19-10-15(11-21(17)20-12)9-18-8-14-3-5-16(6-4-14)13(2)22/h3-7,13,15,18-19,22H,8-11H2,1-2H3/t13-,15-/m1/s1. The summed E-state index contributed by atoms with van der Waals surface area (Å²) in [6.07, 6.45) is -0.401. The number of nitrogens with one attached hydrogen (secondary N) is 2. The molecule has 118 valence electrons. The highest BCUT2D eigenvalue weighted by molar-refractivity contribution is 5.38. The number of benzene rings is 1. The number of aliphatic hydroxyl groups is 1. The van der Waals surface area contributed by atoms with Crippen molar-refractivity contribution in [3.63, 3.8) is 0 Å². The SMILES string of the molecule is Cc1cc2n(n1)C[C@H](CNCc1ccc([C@@H](C)O)cc1)CN2. The average molecular weight is 300 g/mol. The van der Waals surface area contributed by atoms with Crippen molar-refractivity contribution in [2.75, 3.05) is 18.4 Å². The number of fused-ring (bicyclic) bond motifs is 1. The Morgan fingerprint density at radius 1 is 1.41 bits per heavy atom. The molecule has 2 heterocycles. The largest absolute Gasteiger partial charge is 0.389 e. The summed E-state index contributed by atoms with van der Waals surface area (Å²) >= 11 is 0. The second kappa shape index (κ2) is 6.50. The number of rotatable bonds is 5. The first-order valence-electron chi connectivity index (χ1n) is 7.88. The fourth-order valence-electron chi connectivity index (χ4n) is 2.86. The number of aliphatic hydroxyl groups excluding tert-OH is 1. The van der Waals surface area contributed by atoms with Crippen molar-refractivity contribution < 1.29 is 5.11 Å². The quantitative estimate of drug-likeness (QED) is 0.791. The van der Waals surface area contributed by atoms with Crippen molar-refractivity contribution in [3.8, 4) is 0 Å². The molecular weight excluding hydrogens is 276 g/mol. The summed E-state index contributed by atoms with van der Waals surface area (Å²) in [6, 6.07) is 10.2. The number of aryl methyl sites for hydroxylation is 1. The summed E-state index contributed by atoms with van der Waals surface area (Å²) in [5.41, 5.74) is 3.26. The number of nitrogens with zero attached hydrogens (tertiary/aromatic N) is 2. The number of anilines is 1. The predicted molar refractivity (Wildman–Crippen MR) is 87.7 cm³/mol. The van der Waals surface area contributed by atoms with Gasteiger partial charge in [-0.3, -0.25) is 0 Å². The molecule has 0 unspecified atom stereocenters. The van der Waals surface area contributed by atoms with Crippen LogP contribution in [0.1, 0.15) is 29.8 Å². The van der Waals surface area contributed by atoms with E-state index in [1.54, 1.807) is 6.92 Å². The maximum atomic E-state index is 9.51. The molecule has 0 bridgehead atoms. The molecule has 3 rings (SSSR count). The van der Waals surface area contributed by atoms with E-state index in [1.165, 1.54) is 5.56 Å². The van der Waals surface area contributed by atoms with Gasteiger partial charge in [0.1, 0.15) is 5.82 Å². The highest BCUT2D eigenvalue weighted by Gasteiger charge is 2.18. The Kier molecular flexibility index (Phi) is 4.45. The Morgan fingerprint density at radius 3 is 2.91 bits per heavy atom. The van der Waals surface area contributed by atoms with Crippen molar-refractivity contribution in [1.29, 1.82) is 0 Å². The maximum Gasteiger partial charge on any atom is 0.124 e. The minimum Gasteiger partial charge on any atom is -0.389 e. The molecule has 22 heavy (non-hydrogen) atoms. The molecule has 1 aliphatic rings. The van der Waals surface area contributed by atoms with Crippen LogP contribution in [-0.4, -0.2) is 28.0 Å². The third-order valence-electron chi connectivity index (χ3n) is 4.13. The molecule has 0 fully saturated rings. The molecule has 0 spiro atoms. The van der Waals surface area contributed by atoms with E-state index in [-0.39, 0.29) is 0 Å². The Labute approximate surface area is 131 Å². The van der Waals surface area contributed by atoms with Gasteiger partial charge in [0.15, 0.2) is 0 Å². The lowest BCUT2D eigenvalue weighted by Gasteiger charge is -2.25. The molecule has 5 heteroatoms. The van der Waals surface area contributed by atoms with Gasteiger partial charge in [-0.15, -0.1) is 0 Å². The van der Waals surface area contributed by atoms with E-state index in [1.807, 2.05) is 19.1 Å². The highest BCUT2D eigenvalue weighted by atomic mass is 16.3. The van der Waals surface area contributed by atoms with Crippen LogP contribution in [-0.2, 0) is 13.1 Å². The zero-order valence-electron chi connectivity index (χ0n) is 13.2. The lowest BCUT2D eigenvalue weighted by atomic mass is 10.1. The molecule has 0 aliphatic carbocycles. The first-order chi connectivity index (χ1) is 10.6. The molecule has 0 radical (unpaired) electrons. The molecule has 5 nitrogen and oxygen atoms in total. The van der Waals surface area contributed by atoms with Gasteiger partial charge in [-0.1, -0.05) is 24.3 Å². The molecule has 2 aromatic rings. The summed E-state index contributed by atoms with van der Waals surface area (Å²) < 4.78 is 2.06. The molecular formula is C17H24N4O. The topological polar surface area (TPSA) is 62.1 Å². The maximum absolute atomic E-state index is 9.51. The van der Waals surface area contributed by atoms with Gasteiger partial charge in [0, 0.05) is 38.2 Å². The second-order valence-corrected chi connectivity index (χ2v) is 6.15. The summed E-state index contributed by atoms with van der Waals surface area (Å²) in [6.45, 7) is 7.57. The summed E-state index contributed by atoms with van der Waals surface area (Å²) in [4.78, 5) is 0. The van der Waals surface area contributed by atoms with Gasteiger partial charge in [0.2, 0.25) is 0 Å². The lowest BCUT2D eigenvalue weighted by molar-refractivity contribution is 0.199. The highest BCUT2D eigenvalue weighted by Crippen LogP contribution is 2.18. The van der Waals surface area contributed by atoms with Gasteiger partial charge in [-0.05, 0) is 25.0 Å². The van der Waals surface area contributed by atoms with Crippen LogP contribution in [0.2, 0.25) is 0 Å². The molecule has 1 aromatic carbocycles. The van der Waals surface area contributed by atoms with E-state index in [9.17, 15) is 5.11 Å². The monoisotopic (exact) mass is 300 g/mol. The van der Waals surface area contributed by atoms with Crippen molar-refractivity contribution in [2.24, 2.45) is 5.92 Å². The summed E-state index contributed by atoms with van der Waals surface area (Å²) in [7, 11) is 0. The molecule has 1 aliphatic heterocycles. The smallest absolute Gasteiger partial charge is 0.124 e. The van der Waals surface area contributed by atoms with Crippen LogP contribution >= 0.6 is 0 Å². The number of aromatic nitrogens is 2. The van der Waals surface area contributed by atoms with Crippen LogP contribution in [0.4, 0.5) is 5.82 Å². The molecule has 0 amide bonds. The molecule has 3 N–H and O–H groups in total. The van der Waals surface area contributed by atoms with Crippen LogP contribution in [0.25, 0.3) is 0 Å². The van der Waals surface area contributed by atoms with Gasteiger partial charge in [0.25, 0.3) is 0 Å². The third kappa shape index (κ3) is 3.48. The van der Waals surface area contributed by atoms with Crippen LogP contribution in [0, 0.1) is 12.8 Å². The van der Waals surface area contributed by atoms with Gasteiger partial charge in [0.05, 0.1) is 11.8 Å². The van der Waals surface area contributed by atoms with Crippen molar-refractivity contribution >= 4 is 5.82 Å². The number of hydrogen-bond acceptors (Lipinski definition) is 4. The van der Waals surface area contributed by atoms with Crippen molar-refractivity contribution in [3.05, 3.63) is 47.2 Å². The Morgan fingerprint density at radius 2 is 2.18 bits per heavy atom. The van der Waals surface area contributed by atoms with Crippen molar-refractivity contribution in [1.82, 2.24) is 15.1 Å². The first kappa shape index (κ1) is 15.1. The van der Waals surface area contributed by atoms with E-state index in [2.05, 4.69) is 38.6 Å². The van der Waals surface area contributed by atoms with Gasteiger partial charge < -0.3 is 15.7 Å². The number of hydrogen-bond donors (Lipinski definition) is 3. The molecule has 1 aromatic heterocycles. The van der Waals surface area contributed by atoms with E-state index >= 15 is 0 Å². The van der Waals surface area contributed by atoms with Gasteiger partial charge >= 0.3 is 0 Å². The molecule has 0 saturated carbocycles. The van der Waals surface area contributed by atoms with Crippen molar-refractivity contribution in [2.45, 2.75) is 33.0 Å². The molecule has 2 atom stereocenters. The van der Waals surface area contributed by atoms with E-state index in [0.29, 0.717) is 5.92 Å². The summed E-state index contributed by atoms with van der Waals surface area (Å²) in [5, 5.41) is 21.0. The molecule has 0 saturated heterocycles. The Hall–Kier alpha value is -1.85. The average Bonchev–Trinajstić information content (AvgIpc) is 2.87. The zero-order valence-corrected chi connectivity index (χ0v) is 13.2. The summed E-state index contributed by atoms with van der Waals surface area (Å²) in [5.74, 6) is 1.67. The Balaban J connectivity index is 1.47. The van der Waals surface area contributed by atoms with E-state index < -0.39 is 6.10 Å². The fourth-order valence-corrected chi connectivity index (χ4v) is 2.86. The van der Waals surface area contributed by atoms with E-state index in [0.717, 1.165) is 43.3 Å². The normalized spacial score (nSPS) is 18.6. The second-order valence-electron chi connectivity index (χ2n) is 6.15.